The first kappa shape index (κ1) is 12.7. The molecule has 0 aliphatic carbocycles. The molecular formula is C8H8OY-2. The Labute approximate surface area is 86.7 Å². The van der Waals surface area contributed by atoms with Crippen molar-refractivity contribution in [1.82, 2.24) is 0 Å². The maximum absolute atomic E-state index is 9.88. The van der Waals surface area contributed by atoms with Gasteiger partial charge in [-0.25, -0.2) is 0 Å². The van der Waals surface area contributed by atoms with Gasteiger partial charge in [-0.15, -0.1) is 12.1 Å². The molecule has 0 spiro atoms. The van der Waals surface area contributed by atoms with Crippen molar-refractivity contribution < 1.29 is 37.5 Å². The van der Waals surface area contributed by atoms with Gasteiger partial charge in [0.25, 0.3) is 0 Å². The quantitative estimate of drug-likeness (QED) is 0.642. The van der Waals surface area contributed by atoms with Crippen molar-refractivity contribution in [3.8, 4) is 0 Å². The Morgan fingerprint density at radius 3 is 1.90 bits per heavy atom. The summed E-state index contributed by atoms with van der Waals surface area (Å²) in [7, 11) is 0. The molecule has 2 heteroatoms. The first-order chi connectivity index (χ1) is 3.93. The standard InChI is InChI=1S/C7H5O.CH3.Y/c8-6-7-4-2-1-3-5-7;;/h1-5H;1H3;/q2*-1;. The summed E-state index contributed by atoms with van der Waals surface area (Å²) in [6, 6.07) is 8.90. The molecule has 0 amide bonds. The number of hydrogen-bond acceptors (Lipinski definition) is 1. The predicted molar refractivity (Wildman–Crippen MR) is 37.7 cm³/mol. The van der Waals surface area contributed by atoms with Crippen LogP contribution in [0.15, 0.2) is 30.3 Å². The molecule has 0 unspecified atom stereocenters. The summed E-state index contributed by atoms with van der Waals surface area (Å²) in [6.07, 6.45) is 1.78. The number of hydrogen-bond donors (Lipinski definition) is 0. The van der Waals surface area contributed by atoms with Crippen molar-refractivity contribution in [3.63, 3.8) is 0 Å². The monoisotopic (exact) mass is 209 g/mol. The fourth-order valence-electron chi connectivity index (χ4n) is 0.506. The Morgan fingerprint density at radius 1 is 1.10 bits per heavy atom. The summed E-state index contributed by atoms with van der Waals surface area (Å²) in [6.45, 7) is 0. The minimum atomic E-state index is 0. The van der Waals surface area contributed by atoms with E-state index in [-0.39, 0.29) is 40.1 Å². The van der Waals surface area contributed by atoms with E-state index in [1.165, 1.54) is 0 Å². The van der Waals surface area contributed by atoms with Gasteiger partial charge in [0.1, 0.15) is 0 Å². The largest absolute Gasteiger partial charge is 0.376 e. The molecule has 0 fully saturated rings. The van der Waals surface area contributed by atoms with Crippen LogP contribution in [0.5, 0.6) is 0 Å². The predicted octanol–water partition coefficient (Wildman–Crippen LogP) is 1.59. The van der Waals surface area contributed by atoms with Gasteiger partial charge in [0.15, 0.2) is 0 Å². The third-order valence-electron chi connectivity index (χ3n) is 0.892. The summed E-state index contributed by atoms with van der Waals surface area (Å²) >= 11 is 0. The molecule has 1 aromatic rings. The van der Waals surface area contributed by atoms with Crippen LogP contribution in [0.25, 0.3) is 0 Å². The van der Waals surface area contributed by atoms with E-state index < -0.39 is 0 Å². The number of rotatable bonds is 1. The molecule has 0 saturated carbocycles. The molecule has 0 aliphatic heterocycles. The van der Waals surface area contributed by atoms with Crippen molar-refractivity contribution in [3.05, 3.63) is 43.3 Å². The molecule has 0 heterocycles. The van der Waals surface area contributed by atoms with Gasteiger partial charge in [0, 0.05) is 32.7 Å². The zero-order valence-corrected chi connectivity index (χ0v) is 8.71. The molecule has 0 aromatic heterocycles. The molecule has 0 aliphatic rings. The topological polar surface area (TPSA) is 17.1 Å². The van der Waals surface area contributed by atoms with Crippen LogP contribution in [0.2, 0.25) is 0 Å². The third kappa shape index (κ3) is 3.91. The van der Waals surface area contributed by atoms with Crippen LogP contribution < -0.4 is 0 Å². The van der Waals surface area contributed by atoms with Crippen LogP contribution in [0.3, 0.4) is 0 Å². The van der Waals surface area contributed by atoms with Crippen LogP contribution in [0.1, 0.15) is 5.56 Å². The summed E-state index contributed by atoms with van der Waals surface area (Å²) in [5, 5.41) is 0. The van der Waals surface area contributed by atoms with Gasteiger partial charge in [-0.05, 0) is 0 Å². The normalized spacial score (nSPS) is 6.80. The Bertz CT molecular complexity index is 172. The molecule has 1 rings (SSSR count). The molecule has 51 valence electrons. The Hall–Kier alpha value is -0.00610. The van der Waals surface area contributed by atoms with Gasteiger partial charge in [-0.1, -0.05) is 6.07 Å². The molecule has 1 aromatic carbocycles. The second-order valence-electron chi connectivity index (χ2n) is 1.47. The Kier molecular flexibility index (Phi) is 8.99. The van der Waals surface area contributed by atoms with Crippen molar-refractivity contribution in [2.24, 2.45) is 0 Å². The summed E-state index contributed by atoms with van der Waals surface area (Å²) < 4.78 is 0. The maximum Gasteiger partial charge on any atom is 0.0627 e. The van der Waals surface area contributed by atoms with E-state index in [4.69, 9.17) is 0 Å². The van der Waals surface area contributed by atoms with Crippen molar-refractivity contribution in [2.75, 3.05) is 0 Å². The SMILES string of the molecule is O=[C-]c1ccccc1.[CH3-].[Y]. The molecular weight excluding hydrogens is 201 g/mol. The van der Waals surface area contributed by atoms with Crippen LogP contribution in [-0.2, 0) is 37.5 Å². The first-order valence-corrected chi connectivity index (χ1v) is 2.36. The van der Waals surface area contributed by atoms with Crippen LogP contribution in [0.4, 0.5) is 0 Å². The molecule has 1 radical (unpaired) electrons. The van der Waals surface area contributed by atoms with Crippen molar-refractivity contribution in [1.29, 1.82) is 0 Å². The van der Waals surface area contributed by atoms with Crippen LogP contribution >= 0.6 is 0 Å². The van der Waals surface area contributed by atoms with E-state index in [0.717, 1.165) is 0 Å². The fraction of sp³-hybridized carbons (Fsp3) is 0. The maximum atomic E-state index is 9.88. The molecule has 10 heavy (non-hydrogen) atoms. The van der Waals surface area contributed by atoms with Gasteiger partial charge >= 0.3 is 0 Å². The number of benzene rings is 1. The van der Waals surface area contributed by atoms with E-state index >= 15 is 0 Å². The second-order valence-corrected chi connectivity index (χ2v) is 1.47. The van der Waals surface area contributed by atoms with Gasteiger partial charge in [-0.2, -0.15) is 17.7 Å². The van der Waals surface area contributed by atoms with E-state index in [1.807, 2.05) is 6.07 Å². The van der Waals surface area contributed by atoms with E-state index in [9.17, 15) is 4.79 Å². The smallest absolute Gasteiger partial charge is 0.0627 e. The Balaban J connectivity index is 0. The van der Waals surface area contributed by atoms with Crippen molar-refractivity contribution in [2.45, 2.75) is 0 Å². The van der Waals surface area contributed by atoms with Gasteiger partial charge < -0.3 is 12.2 Å². The van der Waals surface area contributed by atoms with Gasteiger partial charge in [0.2, 0.25) is 0 Å². The van der Waals surface area contributed by atoms with E-state index in [0.29, 0.717) is 5.56 Å². The van der Waals surface area contributed by atoms with E-state index in [1.54, 1.807) is 30.6 Å². The van der Waals surface area contributed by atoms with Crippen LogP contribution in [0, 0.1) is 7.43 Å². The zero-order valence-electron chi connectivity index (χ0n) is 5.87. The van der Waals surface area contributed by atoms with E-state index in [2.05, 4.69) is 0 Å². The fourth-order valence-corrected chi connectivity index (χ4v) is 0.506. The molecule has 0 atom stereocenters. The van der Waals surface area contributed by atoms with Crippen LogP contribution in [-0.4, -0.2) is 6.29 Å². The minimum absolute atomic E-state index is 0. The summed E-state index contributed by atoms with van der Waals surface area (Å²) in [4.78, 5) is 9.88. The summed E-state index contributed by atoms with van der Waals surface area (Å²) in [5.41, 5.74) is 0.604. The average molecular weight is 209 g/mol. The second kappa shape index (κ2) is 7.11. The van der Waals surface area contributed by atoms with Crippen molar-refractivity contribution >= 4 is 6.29 Å². The van der Waals surface area contributed by atoms with Gasteiger partial charge in [-0.3, -0.25) is 0 Å². The summed E-state index contributed by atoms with van der Waals surface area (Å²) in [5.74, 6) is 0. The molecule has 0 bridgehead atoms. The average Bonchev–Trinajstić information content (AvgIpc) is 1.90. The Morgan fingerprint density at radius 2 is 1.60 bits per heavy atom. The van der Waals surface area contributed by atoms with Gasteiger partial charge in [0.05, 0.1) is 6.29 Å². The zero-order chi connectivity index (χ0) is 5.82. The molecule has 1 nitrogen and oxygen atoms in total. The number of carbonyl (C=O) groups excluding carboxylic acids is 1. The first-order valence-electron chi connectivity index (χ1n) is 2.36. The minimum Gasteiger partial charge on any atom is -0.376 e. The molecule has 0 N–H and O–H groups in total. The molecule has 0 saturated heterocycles. The third-order valence-corrected chi connectivity index (χ3v) is 0.892.